The number of hydrogen-bond acceptors (Lipinski definition) is 4. The first-order valence-corrected chi connectivity index (χ1v) is 7.33. The van der Waals surface area contributed by atoms with E-state index in [9.17, 15) is 4.79 Å². The lowest BCUT2D eigenvalue weighted by Crippen LogP contribution is -2.35. The Hall–Kier alpha value is -0.780. The van der Waals surface area contributed by atoms with E-state index < -0.39 is 0 Å². The number of fused-ring (bicyclic) bond motifs is 1. The summed E-state index contributed by atoms with van der Waals surface area (Å²) in [4.78, 5) is 14.7. The van der Waals surface area contributed by atoms with Gasteiger partial charge in [0.05, 0.1) is 0 Å². The molecule has 0 fully saturated rings. The van der Waals surface area contributed by atoms with Gasteiger partial charge >= 0.3 is 0 Å². The van der Waals surface area contributed by atoms with Crippen molar-refractivity contribution < 1.29 is 4.74 Å². The predicted octanol–water partition coefficient (Wildman–Crippen LogP) is 1.30. The summed E-state index contributed by atoms with van der Waals surface area (Å²) in [6.07, 6.45) is 1.82. The molecule has 0 atom stereocenters. The molecule has 2 heterocycles. The molecule has 0 aromatic carbocycles. The lowest BCUT2D eigenvalue weighted by atomic mass is 10.0. The summed E-state index contributed by atoms with van der Waals surface area (Å²) in [5.74, 6) is 0.500. The highest BCUT2D eigenvalue weighted by Crippen LogP contribution is 2.18. The van der Waals surface area contributed by atoms with E-state index in [2.05, 4.69) is 24.6 Å². The number of hydrogen-bond donors (Lipinski definition) is 1. The second-order valence-corrected chi connectivity index (χ2v) is 5.41. The molecule has 1 aliphatic heterocycles. The zero-order chi connectivity index (χ0) is 13.8. The maximum absolute atomic E-state index is 12.4. The molecular formula is C14H22N2O2S. The number of thiol groups is 1. The molecule has 0 saturated heterocycles. The van der Waals surface area contributed by atoms with Crippen molar-refractivity contribution in [2.75, 3.05) is 27.3 Å². The van der Waals surface area contributed by atoms with Crippen molar-refractivity contribution in [1.82, 2.24) is 9.47 Å². The summed E-state index contributed by atoms with van der Waals surface area (Å²) in [6.45, 7) is 3.35. The standard InChI is InChI=1S/C14H22N2O2S/c1-15-6-4-13-11(9-15)8-12(10-19)14(17)16(13)5-3-7-18-2/h8,19H,3-7,9-10H2,1-2H3. The van der Waals surface area contributed by atoms with Gasteiger partial charge in [-0.15, -0.1) is 0 Å². The highest BCUT2D eigenvalue weighted by atomic mass is 32.1. The normalized spacial score (nSPS) is 15.5. The lowest BCUT2D eigenvalue weighted by molar-refractivity contribution is 0.189. The highest BCUT2D eigenvalue weighted by Gasteiger charge is 2.19. The molecule has 0 radical (unpaired) electrons. The van der Waals surface area contributed by atoms with Gasteiger partial charge in [0.25, 0.3) is 5.56 Å². The zero-order valence-corrected chi connectivity index (χ0v) is 12.6. The highest BCUT2D eigenvalue weighted by molar-refractivity contribution is 7.79. The van der Waals surface area contributed by atoms with E-state index in [4.69, 9.17) is 4.74 Å². The molecule has 0 amide bonds. The van der Waals surface area contributed by atoms with Crippen LogP contribution in [0.25, 0.3) is 0 Å². The summed E-state index contributed by atoms with van der Waals surface area (Å²) in [7, 11) is 3.81. The minimum Gasteiger partial charge on any atom is -0.385 e. The lowest BCUT2D eigenvalue weighted by Gasteiger charge is -2.28. The van der Waals surface area contributed by atoms with Crippen LogP contribution in [0.2, 0.25) is 0 Å². The fourth-order valence-corrected chi connectivity index (χ4v) is 2.87. The van der Waals surface area contributed by atoms with Crippen LogP contribution in [-0.4, -0.2) is 36.8 Å². The van der Waals surface area contributed by atoms with E-state index in [-0.39, 0.29) is 5.56 Å². The van der Waals surface area contributed by atoms with Gasteiger partial charge in [0.1, 0.15) is 0 Å². The van der Waals surface area contributed by atoms with Gasteiger partial charge in [-0.1, -0.05) is 0 Å². The minimum atomic E-state index is 0.120. The Balaban J connectivity index is 2.38. The molecule has 1 aliphatic rings. The molecule has 0 bridgehead atoms. The van der Waals surface area contributed by atoms with Gasteiger partial charge in [0.2, 0.25) is 0 Å². The summed E-state index contributed by atoms with van der Waals surface area (Å²) in [5.41, 5.74) is 3.39. The van der Waals surface area contributed by atoms with E-state index in [1.807, 2.05) is 10.6 Å². The molecule has 106 valence electrons. The van der Waals surface area contributed by atoms with Crippen LogP contribution in [-0.2, 0) is 30.0 Å². The number of rotatable bonds is 5. The Morgan fingerprint density at radius 2 is 2.26 bits per heavy atom. The molecule has 0 N–H and O–H groups in total. The second kappa shape index (κ2) is 6.59. The molecule has 0 unspecified atom stereocenters. The van der Waals surface area contributed by atoms with Crippen molar-refractivity contribution in [1.29, 1.82) is 0 Å². The summed E-state index contributed by atoms with van der Waals surface area (Å²) >= 11 is 4.28. The molecule has 1 aromatic heterocycles. The van der Waals surface area contributed by atoms with Gasteiger partial charge in [0.15, 0.2) is 0 Å². The van der Waals surface area contributed by atoms with Gasteiger partial charge in [-0.05, 0) is 25.1 Å². The van der Waals surface area contributed by atoms with Crippen LogP contribution < -0.4 is 5.56 Å². The largest absolute Gasteiger partial charge is 0.385 e. The number of ether oxygens (including phenoxy) is 1. The van der Waals surface area contributed by atoms with Crippen LogP contribution in [0.4, 0.5) is 0 Å². The second-order valence-electron chi connectivity index (χ2n) is 5.09. The van der Waals surface area contributed by atoms with Gasteiger partial charge in [-0.3, -0.25) is 4.79 Å². The molecule has 5 heteroatoms. The van der Waals surface area contributed by atoms with Gasteiger partial charge < -0.3 is 14.2 Å². The number of aromatic nitrogens is 1. The summed E-state index contributed by atoms with van der Waals surface area (Å²) in [6, 6.07) is 2.03. The number of nitrogens with zero attached hydrogens (tertiary/aromatic N) is 2. The Labute approximate surface area is 119 Å². The van der Waals surface area contributed by atoms with E-state index >= 15 is 0 Å². The number of likely N-dealkylation sites (N-methyl/N-ethyl adjacent to an activating group) is 1. The first-order valence-electron chi connectivity index (χ1n) is 6.70. The molecule has 0 saturated carbocycles. The molecule has 1 aromatic rings. The third kappa shape index (κ3) is 3.22. The van der Waals surface area contributed by atoms with Crippen LogP contribution in [0.5, 0.6) is 0 Å². The van der Waals surface area contributed by atoms with Crippen LogP contribution in [0, 0.1) is 0 Å². The topological polar surface area (TPSA) is 34.5 Å². The van der Waals surface area contributed by atoms with E-state index in [1.165, 1.54) is 11.3 Å². The number of pyridine rings is 1. The van der Waals surface area contributed by atoms with Crippen LogP contribution >= 0.6 is 12.6 Å². The zero-order valence-electron chi connectivity index (χ0n) is 11.7. The average molecular weight is 282 g/mol. The average Bonchev–Trinajstić information content (AvgIpc) is 2.41. The van der Waals surface area contributed by atoms with E-state index in [0.29, 0.717) is 12.4 Å². The maximum atomic E-state index is 12.4. The quantitative estimate of drug-likeness (QED) is 0.653. The molecular weight excluding hydrogens is 260 g/mol. The Morgan fingerprint density at radius 3 is 2.95 bits per heavy atom. The number of methoxy groups -OCH3 is 1. The third-order valence-electron chi connectivity index (χ3n) is 3.64. The van der Waals surface area contributed by atoms with Crippen molar-refractivity contribution >= 4 is 12.6 Å². The monoisotopic (exact) mass is 282 g/mol. The summed E-state index contributed by atoms with van der Waals surface area (Å²) in [5, 5.41) is 0. The summed E-state index contributed by atoms with van der Waals surface area (Å²) < 4.78 is 7.02. The first-order chi connectivity index (χ1) is 9.17. The molecule has 0 aliphatic carbocycles. The van der Waals surface area contributed by atoms with Crippen LogP contribution in [0.1, 0.15) is 23.2 Å². The van der Waals surface area contributed by atoms with Gasteiger partial charge in [0, 0.05) is 56.8 Å². The van der Waals surface area contributed by atoms with E-state index in [0.717, 1.165) is 38.0 Å². The molecule has 2 rings (SSSR count). The Morgan fingerprint density at radius 1 is 1.47 bits per heavy atom. The van der Waals surface area contributed by atoms with Crippen molar-refractivity contribution in [3.8, 4) is 0 Å². The third-order valence-corrected chi connectivity index (χ3v) is 3.98. The van der Waals surface area contributed by atoms with E-state index in [1.54, 1.807) is 7.11 Å². The smallest absolute Gasteiger partial charge is 0.254 e. The molecule has 4 nitrogen and oxygen atoms in total. The SMILES string of the molecule is COCCCn1c2c(cc(CS)c1=O)CN(C)CC2. The van der Waals surface area contributed by atoms with Crippen LogP contribution in [0.3, 0.4) is 0 Å². The predicted molar refractivity (Wildman–Crippen MR) is 79.9 cm³/mol. The first kappa shape index (κ1) is 14.6. The Bertz CT molecular complexity index is 499. The van der Waals surface area contributed by atoms with Crippen LogP contribution in [0.15, 0.2) is 10.9 Å². The van der Waals surface area contributed by atoms with Crippen molar-refractivity contribution in [2.24, 2.45) is 0 Å². The van der Waals surface area contributed by atoms with Crippen molar-refractivity contribution in [2.45, 2.75) is 31.7 Å². The minimum absolute atomic E-state index is 0.120. The Kier molecular flexibility index (Phi) is 5.07. The van der Waals surface area contributed by atoms with Gasteiger partial charge in [-0.25, -0.2) is 0 Å². The maximum Gasteiger partial charge on any atom is 0.254 e. The van der Waals surface area contributed by atoms with Crippen molar-refractivity contribution in [3.05, 3.63) is 33.2 Å². The van der Waals surface area contributed by atoms with Crippen molar-refractivity contribution in [3.63, 3.8) is 0 Å². The molecule has 19 heavy (non-hydrogen) atoms. The fourth-order valence-electron chi connectivity index (χ4n) is 2.64. The fraction of sp³-hybridized carbons (Fsp3) is 0.643. The van der Waals surface area contributed by atoms with Gasteiger partial charge in [-0.2, -0.15) is 12.6 Å². The molecule has 0 spiro atoms.